The van der Waals surface area contributed by atoms with Crippen LogP contribution in [0.15, 0.2) is 22.8 Å². The minimum absolute atomic E-state index is 0.00694. The van der Waals surface area contributed by atoms with Crippen LogP contribution in [0.5, 0.6) is 0 Å². The molecule has 78 valence electrons. The van der Waals surface area contributed by atoms with Gasteiger partial charge in [0.2, 0.25) is 0 Å². The highest BCUT2D eigenvalue weighted by Gasteiger charge is 2.23. The van der Waals surface area contributed by atoms with Gasteiger partial charge in [-0.05, 0) is 18.1 Å². The summed E-state index contributed by atoms with van der Waals surface area (Å²) in [6.45, 7) is 4.11. The average molecular weight is 196 g/mol. The fourth-order valence-corrected chi connectivity index (χ4v) is 1.56. The van der Waals surface area contributed by atoms with Gasteiger partial charge < -0.3 is 9.52 Å². The van der Waals surface area contributed by atoms with Crippen molar-refractivity contribution in [2.75, 3.05) is 0 Å². The maximum Gasteiger partial charge on any atom is 0.304 e. The Morgan fingerprint density at radius 1 is 1.64 bits per heavy atom. The lowest BCUT2D eigenvalue weighted by Gasteiger charge is -2.18. The van der Waals surface area contributed by atoms with E-state index in [1.165, 1.54) is 0 Å². The summed E-state index contributed by atoms with van der Waals surface area (Å²) in [5.74, 6) is 0.332. The highest BCUT2D eigenvalue weighted by atomic mass is 16.4. The second kappa shape index (κ2) is 4.84. The molecule has 0 saturated heterocycles. The molecule has 1 aromatic rings. The standard InChI is InChI=1S/C11H16O3/c1-3-8(2)9(7-11(12)13)10-5-4-6-14-10/h4-6,8-9H,3,7H2,1-2H3,(H,12,13). The highest BCUT2D eigenvalue weighted by Crippen LogP contribution is 2.30. The van der Waals surface area contributed by atoms with Gasteiger partial charge in [0.1, 0.15) is 5.76 Å². The summed E-state index contributed by atoms with van der Waals surface area (Å²) in [6, 6.07) is 3.65. The van der Waals surface area contributed by atoms with E-state index >= 15 is 0 Å². The van der Waals surface area contributed by atoms with E-state index in [9.17, 15) is 4.79 Å². The van der Waals surface area contributed by atoms with Crippen molar-refractivity contribution in [2.24, 2.45) is 5.92 Å². The lowest BCUT2D eigenvalue weighted by Crippen LogP contribution is -2.13. The van der Waals surface area contributed by atoms with Crippen LogP contribution in [0.4, 0.5) is 0 Å². The Balaban J connectivity index is 2.77. The molecule has 0 bridgehead atoms. The van der Waals surface area contributed by atoms with E-state index in [-0.39, 0.29) is 12.3 Å². The van der Waals surface area contributed by atoms with Crippen LogP contribution < -0.4 is 0 Å². The summed E-state index contributed by atoms with van der Waals surface area (Å²) in [4.78, 5) is 10.7. The van der Waals surface area contributed by atoms with Gasteiger partial charge in [0, 0.05) is 5.92 Å². The molecule has 2 atom stereocenters. The first-order valence-electron chi connectivity index (χ1n) is 4.90. The lowest BCUT2D eigenvalue weighted by molar-refractivity contribution is -0.137. The van der Waals surface area contributed by atoms with Gasteiger partial charge in [-0.2, -0.15) is 0 Å². The normalized spacial score (nSPS) is 15.0. The number of carboxylic acids is 1. The molecular formula is C11H16O3. The van der Waals surface area contributed by atoms with Gasteiger partial charge in [-0.25, -0.2) is 0 Å². The average Bonchev–Trinajstić information content (AvgIpc) is 2.65. The summed E-state index contributed by atoms with van der Waals surface area (Å²) in [5, 5.41) is 8.79. The van der Waals surface area contributed by atoms with Gasteiger partial charge in [-0.1, -0.05) is 20.3 Å². The zero-order valence-electron chi connectivity index (χ0n) is 8.56. The summed E-state index contributed by atoms with van der Waals surface area (Å²) in [6.07, 6.45) is 2.69. The molecule has 0 aliphatic rings. The van der Waals surface area contributed by atoms with E-state index in [1.807, 2.05) is 6.07 Å². The summed E-state index contributed by atoms with van der Waals surface area (Å²) < 4.78 is 5.26. The second-order valence-electron chi connectivity index (χ2n) is 3.61. The number of furan rings is 1. The molecule has 0 spiro atoms. The first kappa shape index (κ1) is 10.8. The van der Waals surface area contributed by atoms with E-state index < -0.39 is 5.97 Å². The Labute approximate surface area is 83.7 Å². The van der Waals surface area contributed by atoms with Gasteiger partial charge >= 0.3 is 5.97 Å². The lowest BCUT2D eigenvalue weighted by atomic mass is 9.87. The number of rotatable bonds is 5. The molecule has 0 aliphatic carbocycles. The molecule has 14 heavy (non-hydrogen) atoms. The van der Waals surface area contributed by atoms with E-state index in [0.29, 0.717) is 5.92 Å². The zero-order chi connectivity index (χ0) is 10.6. The molecule has 1 aromatic heterocycles. The van der Waals surface area contributed by atoms with Gasteiger partial charge in [-0.3, -0.25) is 4.79 Å². The molecule has 3 heteroatoms. The van der Waals surface area contributed by atoms with Crippen molar-refractivity contribution in [3.05, 3.63) is 24.2 Å². The van der Waals surface area contributed by atoms with Crippen molar-refractivity contribution >= 4 is 5.97 Å². The fraction of sp³-hybridized carbons (Fsp3) is 0.545. The van der Waals surface area contributed by atoms with Crippen molar-refractivity contribution < 1.29 is 14.3 Å². The van der Waals surface area contributed by atoms with Gasteiger partial charge in [-0.15, -0.1) is 0 Å². The molecule has 0 aromatic carbocycles. The summed E-state index contributed by atoms with van der Waals surface area (Å²) in [5.41, 5.74) is 0. The predicted octanol–water partition coefficient (Wildman–Crippen LogP) is 2.88. The van der Waals surface area contributed by atoms with E-state index in [1.54, 1.807) is 12.3 Å². The summed E-state index contributed by atoms with van der Waals surface area (Å²) >= 11 is 0. The minimum atomic E-state index is -0.772. The highest BCUT2D eigenvalue weighted by molar-refractivity contribution is 5.67. The number of carbonyl (C=O) groups is 1. The molecule has 1 rings (SSSR count). The van der Waals surface area contributed by atoms with Crippen molar-refractivity contribution in [3.63, 3.8) is 0 Å². The van der Waals surface area contributed by atoms with E-state index in [4.69, 9.17) is 9.52 Å². The number of carboxylic acid groups (broad SMARTS) is 1. The first-order chi connectivity index (χ1) is 6.65. The van der Waals surface area contributed by atoms with E-state index in [0.717, 1.165) is 12.2 Å². The smallest absolute Gasteiger partial charge is 0.304 e. The first-order valence-corrected chi connectivity index (χ1v) is 4.90. The van der Waals surface area contributed by atoms with Gasteiger partial charge in [0.05, 0.1) is 12.7 Å². The van der Waals surface area contributed by atoms with Gasteiger partial charge in [0.15, 0.2) is 0 Å². The Bertz CT molecular complexity index is 277. The maximum absolute atomic E-state index is 10.7. The third-order valence-electron chi connectivity index (χ3n) is 2.63. The van der Waals surface area contributed by atoms with Crippen LogP contribution in [0, 0.1) is 5.92 Å². The molecule has 0 aliphatic heterocycles. The van der Waals surface area contributed by atoms with Crippen LogP contribution in [0.25, 0.3) is 0 Å². The molecule has 0 radical (unpaired) electrons. The number of aliphatic carboxylic acids is 1. The Morgan fingerprint density at radius 3 is 2.79 bits per heavy atom. The van der Waals surface area contributed by atoms with Crippen LogP contribution in [0.2, 0.25) is 0 Å². The van der Waals surface area contributed by atoms with Crippen LogP contribution in [-0.2, 0) is 4.79 Å². The number of hydrogen-bond donors (Lipinski definition) is 1. The monoisotopic (exact) mass is 196 g/mol. The van der Waals surface area contributed by atoms with Crippen molar-refractivity contribution in [1.29, 1.82) is 0 Å². The predicted molar refractivity (Wildman–Crippen MR) is 53.2 cm³/mol. The largest absolute Gasteiger partial charge is 0.481 e. The van der Waals surface area contributed by atoms with Crippen LogP contribution in [0.3, 0.4) is 0 Å². The molecule has 1 N–H and O–H groups in total. The third kappa shape index (κ3) is 2.62. The molecule has 3 nitrogen and oxygen atoms in total. The SMILES string of the molecule is CCC(C)C(CC(=O)O)c1ccco1. The Morgan fingerprint density at radius 2 is 2.36 bits per heavy atom. The Kier molecular flexibility index (Phi) is 3.74. The zero-order valence-corrected chi connectivity index (χ0v) is 8.56. The van der Waals surface area contributed by atoms with Crippen molar-refractivity contribution in [3.8, 4) is 0 Å². The van der Waals surface area contributed by atoms with Crippen LogP contribution in [-0.4, -0.2) is 11.1 Å². The molecule has 0 amide bonds. The summed E-state index contributed by atoms with van der Waals surface area (Å²) in [7, 11) is 0. The molecule has 0 saturated carbocycles. The molecule has 0 fully saturated rings. The van der Waals surface area contributed by atoms with Crippen LogP contribution in [0.1, 0.15) is 38.4 Å². The molecular weight excluding hydrogens is 180 g/mol. The number of hydrogen-bond acceptors (Lipinski definition) is 2. The minimum Gasteiger partial charge on any atom is -0.481 e. The van der Waals surface area contributed by atoms with Crippen LogP contribution >= 0.6 is 0 Å². The fourth-order valence-electron chi connectivity index (χ4n) is 1.56. The van der Waals surface area contributed by atoms with Crippen molar-refractivity contribution in [2.45, 2.75) is 32.6 Å². The maximum atomic E-state index is 10.7. The molecule has 1 heterocycles. The molecule has 2 unspecified atom stereocenters. The second-order valence-corrected chi connectivity index (χ2v) is 3.61. The van der Waals surface area contributed by atoms with Gasteiger partial charge in [0.25, 0.3) is 0 Å². The van der Waals surface area contributed by atoms with E-state index in [2.05, 4.69) is 13.8 Å². The topological polar surface area (TPSA) is 50.4 Å². The Hall–Kier alpha value is -1.25. The third-order valence-corrected chi connectivity index (χ3v) is 2.63. The van der Waals surface area contributed by atoms with Crippen molar-refractivity contribution in [1.82, 2.24) is 0 Å². The quantitative estimate of drug-likeness (QED) is 0.787.